The molecule has 0 aliphatic carbocycles. The third-order valence-electron chi connectivity index (χ3n) is 2.98. The van der Waals surface area contributed by atoms with Crippen LogP contribution in [0.1, 0.15) is 17.4 Å². The number of imidazole rings is 1. The van der Waals surface area contributed by atoms with Crippen molar-refractivity contribution in [2.24, 2.45) is 5.73 Å². The van der Waals surface area contributed by atoms with Gasteiger partial charge in [-0.2, -0.15) is 0 Å². The van der Waals surface area contributed by atoms with Gasteiger partial charge < -0.3 is 15.6 Å². The lowest BCUT2D eigenvalue weighted by Crippen LogP contribution is -2.22. The van der Waals surface area contributed by atoms with Crippen LogP contribution in [0.25, 0.3) is 0 Å². The van der Waals surface area contributed by atoms with Gasteiger partial charge in [0.2, 0.25) is 0 Å². The van der Waals surface area contributed by atoms with Gasteiger partial charge in [-0.3, -0.25) is 0 Å². The first-order valence-electron chi connectivity index (χ1n) is 5.44. The molecule has 1 aliphatic heterocycles. The Balaban J connectivity index is 2.11. The van der Waals surface area contributed by atoms with E-state index < -0.39 is 0 Å². The van der Waals surface area contributed by atoms with Crippen LogP contribution >= 0.6 is 0 Å². The lowest BCUT2D eigenvalue weighted by atomic mass is 10.1. The van der Waals surface area contributed by atoms with Gasteiger partial charge in [-0.05, 0) is 11.6 Å². The Morgan fingerprint density at radius 3 is 3.19 bits per heavy atom. The minimum atomic E-state index is 0.0960. The van der Waals surface area contributed by atoms with Gasteiger partial charge in [0.15, 0.2) is 0 Å². The summed E-state index contributed by atoms with van der Waals surface area (Å²) in [4.78, 5) is 4.37. The van der Waals surface area contributed by atoms with Crippen LogP contribution in [0, 0.1) is 0 Å². The number of para-hydroxylation sites is 1. The highest BCUT2D eigenvalue weighted by molar-refractivity contribution is 5.53. The van der Waals surface area contributed by atoms with Gasteiger partial charge in [-0.15, -0.1) is 0 Å². The Hall–Kier alpha value is -1.81. The van der Waals surface area contributed by atoms with E-state index in [1.165, 1.54) is 5.56 Å². The number of anilines is 1. The van der Waals surface area contributed by atoms with Gasteiger partial charge in [0, 0.05) is 24.6 Å². The van der Waals surface area contributed by atoms with Crippen LogP contribution < -0.4 is 11.1 Å². The molecule has 0 saturated carbocycles. The summed E-state index contributed by atoms with van der Waals surface area (Å²) in [6.45, 7) is 1.40. The van der Waals surface area contributed by atoms with Crippen LogP contribution in [-0.4, -0.2) is 16.1 Å². The van der Waals surface area contributed by atoms with Crippen LogP contribution in [0.2, 0.25) is 0 Å². The predicted molar refractivity (Wildman–Crippen MR) is 63.2 cm³/mol. The average molecular weight is 214 g/mol. The highest BCUT2D eigenvalue weighted by Crippen LogP contribution is 2.26. The van der Waals surface area contributed by atoms with Crippen LogP contribution in [0.3, 0.4) is 0 Å². The summed E-state index contributed by atoms with van der Waals surface area (Å²) < 4.78 is 2.15. The zero-order chi connectivity index (χ0) is 11.0. The molecule has 16 heavy (non-hydrogen) atoms. The minimum absolute atomic E-state index is 0.0960. The molecular weight excluding hydrogens is 200 g/mol. The molecule has 0 bridgehead atoms. The van der Waals surface area contributed by atoms with Crippen molar-refractivity contribution in [3.05, 3.63) is 48.0 Å². The van der Waals surface area contributed by atoms with Gasteiger partial charge in [0.05, 0.1) is 12.6 Å². The highest BCUT2D eigenvalue weighted by Gasteiger charge is 2.20. The quantitative estimate of drug-likeness (QED) is 0.753. The molecule has 3 rings (SSSR count). The molecule has 1 aliphatic rings. The van der Waals surface area contributed by atoms with Gasteiger partial charge >= 0.3 is 0 Å². The summed E-state index contributed by atoms with van der Waals surface area (Å²) in [5, 5.41) is 3.44. The summed E-state index contributed by atoms with van der Waals surface area (Å²) in [6.07, 6.45) is 3.83. The van der Waals surface area contributed by atoms with Gasteiger partial charge in [0.25, 0.3) is 0 Å². The number of rotatable bonds is 1. The SMILES string of the molecule is NCC1Nc2ccccc2Cn2ccnc21. The van der Waals surface area contributed by atoms with Gasteiger partial charge in [-0.1, -0.05) is 18.2 Å². The van der Waals surface area contributed by atoms with Crippen LogP contribution in [-0.2, 0) is 6.54 Å². The van der Waals surface area contributed by atoms with Crippen molar-refractivity contribution >= 4 is 5.69 Å². The zero-order valence-electron chi connectivity index (χ0n) is 8.93. The van der Waals surface area contributed by atoms with Crippen molar-refractivity contribution in [2.45, 2.75) is 12.6 Å². The Morgan fingerprint density at radius 1 is 1.44 bits per heavy atom. The van der Waals surface area contributed by atoms with Crippen molar-refractivity contribution in [3.63, 3.8) is 0 Å². The van der Waals surface area contributed by atoms with E-state index in [9.17, 15) is 0 Å². The molecule has 1 unspecified atom stereocenters. The number of nitrogens with two attached hydrogens (primary N) is 1. The predicted octanol–water partition coefficient (Wildman–Crippen LogP) is 1.36. The summed E-state index contributed by atoms with van der Waals surface area (Å²) in [5.41, 5.74) is 8.22. The first-order chi connectivity index (χ1) is 7.88. The molecule has 0 fully saturated rings. The highest BCUT2D eigenvalue weighted by atomic mass is 15.1. The number of hydrogen-bond acceptors (Lipinski definition) is 3. The Labute approximate surface area is 94.1 Å². The second kappa shape index (κ2) is 3.64. The lowest BCUT2D eigenvalue weighted by Gasteiger charge is -2.15. The number of benzene rings is 1. The van der Waals surface area contributed by atoms with E-state index in [-0.39, 0.29) is 6.04 Å². The van der Waals surface area contributed by atoms with Crippen molar-refractivity contribution in [2.75, 3.05) is 11.9 Å². The number of aromatic nitrogens is 2. The maximum atomic E-state index is 5.79. The fourth-order valence-corrected chi connectivity index (χ4v) is 2.16. The summed E-state index contributed by atoms with van der Waals surface area (Å²) in [6, 6.07) is 8.40. The van der Waals surface area contributed by atoms with Crippen LogP contribution in [0.4, 0.5) is 5.69 Å². The molecule has 4 nitrogen and oxygen atoms in total. The Bertz CT molecular complexity index is 503. The second-order valence-corrected chi connectivity index (χ2v) is 4.00. The number of nitrogens with one attached hydrogen (secondary N) is 1. The van der Waals surface area contributed by atoms with Crippen molar-refractivity contribution in [3.8, 4) is 0 Å². The first-order valence-corrected chi connectivity index (χ1v) is 5.44. The normalized spacial score (nSPS) is 18.2. The monoisotopic (exact) mass is 214 g/mol. The fraction of sp³-hybridized carbons (Fsp3) is 0.250. The molecule has 2 heterocycles. The van der Waals surface area contributed by atoms with Crippen molar-refractivity contribution in [1.82, 2.24) is 9.55 Å². The van der Waals surface area contributed by atoms with E-state index in [1.807, 2.05) is 18.5 Å². The summed E-state index contributed by atoms with van der Waals surface area (Å²) >= 11 is 0. The minimum Gasteiger partial charge on any atom is -0.374 e. The average Bonchev–Trinajstić information content (AvgIpc) is 2.70. The third kappa shape index (κ3) is 1.39. The maximum absolute atomic E-state index is 5.79. The number of fused-ring (bicyclic) bond motifs is 2. The molecule has 0 radical (unpaired) electrons. The second-order valence-electron chi connectivity index (χ2n) is 4.00. The number of nitrogens with zero attached hydrogens (tertiary/aromatic N) is 2. The van der Waals surface area contributed by atoms with E-state index in [0.717, 1.165) is 18.1 Å². The van der Waals surface area contributed by atoms with E-state index in [4.69, 9.17) is 5.73 Å². The fourth-order valence-electron chi connectivity index (χ4n) is 2.16. The first kappa shape index (κ1) is 9.42. The van der Waals surface area contributed by atoms with E-state index in [1.54, 1.807) is 0 Å². The topological polar surface area (TPSA) is 55.9 Å². The molecule has 0 saturated heterocycles. The third-order valence-corrected chi connectivity index (χ3v) is 2.98. The lowest BCUT2D eigenvalue weighted by molar-refractivity contribution is 0.667. The standard InChI is InChI=1S/C12H14N4/c13-7-11-12-14-5-6-16(12)8-9-3-1-2-4-10(9)15-11/h1-6,11,15H,7-8,13H2. The van der Waals surface area contributed by atoms with Crippen molar-refractivity contribution < 1.29 is 0 Å². The Morgan fingerprint density at radius 2 is 2.31 bits per heavy atom. The van der Waals surface area contributed by atoms with Gasteiger partial charge in [-0.25, -0.2) is 4.98 Å². The van der Waals surface area contributed by atoms with E-state index >= 15 is 0 Å². The molecule has 2 aromatic rings. The molecule has 4 heteroatoms. The Kier molecular flexibility index (Phi) is 2.15. The maximum Gasteiger partial charge on any atom is 0.132 e. The van der Waals surface area contributed by atoms with E-state index in [2.05, 4.69) is 33.1 Å². The summed E-state index contributed by atoms with van der Waals surface area (Å²) in [7, 11) is 0. The van der Waals surface area contributed by atoms with E-state index in [0.29, 0.717) is 6.54 Å². The molecule has 82 valence electrons. The van der Waals surface area contributed by atoms with Crippen molar-refractivity contribution in [1.29, 1.82) is 0 Å². The molecule has 0 spiro atoms. The largest absolute Gasteiger partial charge is 0.374 e. The molecule has 3 N–H and O–H groups in total. The van der Waals surface area contributed by atoms with Crippen LogP contribution in [0.5, 0.6) is 0 Å². The smallest absolute Gasteiger partial charge is 0.132 e. The number of hydrogen-bond donors (Lipinski definition) is 2. The molecule has 1 atom stereocenters. The molecule has 1 aromatic heterocycles. The molecule has 1 aromatic carbocycles. The van der Waals surface area contributed by atoms with Gasteiger partial charge in [0.1, 0.15) is 5.82 Å². The molecule has 0 amide bonds. The van der Waals surface area contributed by atoms with Crippen LogP contribution in [0.15, 0.2) is 36.7 Å². The molecular formula is C12H14N4. The summed E-state index contributed by atoms with van der Waals surface area (Å²) in [5.74, 6) is 1.01. The zero-order valence-corrected chi connectivity index (χ0v) is 8.93.